The van der Waals surface area contributed by atoms with Crippen LogP contribution >= 0.6 is 0 Å². The topological polar surface area (TPSA) is 42.0 Å². The van der Waals surface area contributed by atoms with E-state index in [0.717, 1.165) is 46.8 Å². The van der Waals surface area contributed by atoms with Gasteiger partial charge in [0, 0.05) is 25.1 Å². The molecule has 0 unspecified atom stereocenters. The number of hydrogen-bond acceptors (Lipinski definition) is 5. The third-order valence-corrected chi connectivity index (χ3v) is 7.26. The van der Waals surface area contributed by atoms with Gasteiger partial charge in [-0.2, -0.15) is 0 Å². The molecule has 0 amide bonds. The summed E-state index contributed by atoms with van der Waals surface area (Å²) in [6.07, 6.45) is 8.29. The van der Waals surface area contributed by atoms with Crippen molar-refractivity contribution >= 4 is 5.78 Å². The van der Waals surface area contributed by atoms with E-state index in [1.807, 2.05) is 24.3 Å². The van der Waals surface area contributed by atoms with Crippen LogP contribution in [0.1, 0.15) is 54.4 Å². The molecule has 0 spiro atoms. The van der Waals surface area contributed by atoms with Crippen molar-refractivity contribution in [3.05, 3.63) is 47.5 Å². The fourth-order valence-electron chi connectivity index (χ4n) is 5.37. The molecule has 0 radical (unpaired) electrons. The van der Waals surface area contributed by atoms with Gasteiger partial charge in [-0.3, -0.25) is 14.6 Å². The van der Waals surface area contributed by atoms with Crippen molar-refractivity contribution in [3.8, 4) is 22.6 Å². The maximum absolute atomic E-state index is 12.9. The summed E-state index contributed by atoms with van der Waals surface area (Å²) in [5.74, 6) is 1.81. The van der Waals surface area contributed by atoms with Gasteiger partial charge in [0.1, 0.15) is 24.7 Å². The summed E-state index contributed by atoms with van der Waals surface area (Å²) in [4.78, 5) is 17.9. The number of hydrogen-bond donors (Lipinski definition) is 0. The molecule has 0 atom stereocenters. The summed E-state index contributed by atoms with van der Waals surface area (Å²) in [6.45, 7) is 8.00. The zero-order valence-corrected chi connectivity index (χ0v) is 19.7. The zero-order valence-electron chi connectivity index (χ0n) is 19.7. The van der Waals surface area contributed by atoms with E-state index in [4.69, 9.17) is 9.47 Å². The van der Waals surface area contributed by atoms with Gasteiger partial charge in [0.15, 0.2) is 5.78 Å². The molecule has 33 heavy (non-hydrogen) atoms. The molecule has 2 saturated heterocycles. The van der Waals surface area contributed by atoms with Crippen LogP contribution in [0.15, 0.2) is 36.4 Å². The van der Waals surface area contributed by atoms with Gasteiger partial charge >= 0.3 is 0 Å². The normalized spacial score (nSPS) is 19.1. The smallest absolute Gasteiger partial charge is 0.168 e. The molecule has 5 rings (SSSR count). The van der Waals surface area contributed by atoms with Gasteiger partial charge in [0.2, 0.25) is 0 Å². The lowest BCUT2D eigenvalue weighted by Crippen LogP contribution is -2.33. The van der Waals surface area contributed by atoms with Crippen LogP contribution in [0, 0.1) is 0 Å². The summed E-state index contributed by atoms with van der Waals surface area (Å²) >= 11 is 0. The summed E-state index contributed by atoms with van der Waals surface area (Å²) < 4.78 is 12.0. The second-order valence-corrected chi connectivity index (χ2v) is 9.63. The SMILES string of the molecule is O=C1Cc2cc(OCCN3CCCCC3)ccc2-c2ccc(OCCN3CCCCC3)cc21. The van der Waals surface area contributed by atoms with E-state index < -0.39 is 0 Å². The highest BCUT2D eigenvalue weighted by molar-refractivity contribution is 6.07. The molecule has 3 aliphatic rings. The molecular weight excluding hydrogens is 412 g/mol. The number of Topliss-reactive ketones (excluding diaryl/α,β-unsaturated/α-hetero) is 1. The van der Waals surface area contributed by atoms with Crippen molar-refractivity contribution < 1.29 is 14.3 Å². The van der Waals surface area contributed by atoms with Crippen molar-refractivity contribution in [1.29, 1.82) is 0 Å². The number of ether oxygens (including phenoxy) is 2. The Morgan fingerprint density at radius 2 is 1.18 bits per heavy atom. The number of rotatable bonds is 8. The molecule has 0 bridgehead atoms. The molecule has 2 aliphatic heterocycles. The maximum atomic E-state index is 12.9. The molecule has 2 aromatic carbocycles. The van der Waals surface area contributed by atoms with Gasteiger partial charge in [-0.25, -0.2) is 0 Å². The summed E-state index contributed by atoms with van der Waals surface area (Å²) in [7, 11) is 0. The summed E-state index contributed by atoms with van der Waals surface area (Å²) in [5, 5.41) is 0. The van der Waals surface area contributed by atoms with E-state index in [-0.39, 0.29) is 5.78 Å². The third-order valence-electron chi connectivity index (χ3n) is 7.26. The van der Waals surface area contributed by atoms with Crippen molar-refractivity contribution in [2.75, 3.05) is 52.5 Å². The van der Waals surface area contributed by atoms with E-state index in [2.05, 4.69) is 21.9 Å². The lowest BCUT2D eigenvalue weighted by atomic mass is 9.84. The zero-order chi connectivity index (χ0) is 22.5. The number of carbonyl (C=O) groups is 1. The first kappa shape index (κ1) is 22.4. The average Bonchev–Trinajstić information content (AvgIpc) is 2.85. The Bertz CT molecular complexity index is 962. The van der Waals surface area contributed by atoms with Gasteiger partial charge in [0.05, 0.1) is 0 Å². The van der Waals surface area contributed by atoms with Gasteiger partial charge < -0.3 is 9.47 Å². The molecule has 0 saturated carbocycles. The van der Waals surface area contributed by atoms with E-state index in [0.29, 0.717) is 19.6 Å². The van der Waals surface area contributed by atoms with E-state index in [9.17, 15) is 4.79 Å². The van der Waals surface area contributed by atoms with E-state index in [1.165, 1.54) is 64.7 Å². The van der Waals surface area contributed by atoms with E-state index in [1.54, 1.807) is 0 Å². The fraction of sp³-hybridized carbons (Fsp3) is 0.536. The largest absolute Gasteiger partial charge is 0.492 e. The van der Waals surface area contributed by atoms with Crippen molar-refractivity contribution in [1.82, 2.24) is 9.80 Å². The first-order valence-electron chi connectivity index (χ1n) is 12.8. The summed E-state index contributed by atoms with van der Waals surface area (Å²) in [6, 6.07) is 12.2. The molecule has 1 aliphatic carbocycles. The van der Waals surface area contributed by atoms with Crippen LogP contribution in [-0.2, 0) is 6.42 Å². The maximum Gasteiger partial charge on any atom is 0.168 e. The van der Waals surface area contributed by atoms with Crippen molar-refractivity contribution in [2.45, 2.75) is 44.9 Å². The Kier molecular flexibility index (Phi) is 7.27. The van der Waals surface area contributed by atoms with Gasteiger partial charge in [-0.15, -0.1) is 0 Å². The van der Waals surface area contributed by atoms with Crippen molar-refractivity contribution in [3.63, 3.8) is 0 Å². The molecule has 5 nitrogen and oxygen atoms in total. The molecule has 176 valence electrons. The van der Waals surface area contributed by atoms with Crippen LogP contribution in [-0.4, -0.2) is 68.1 Å². The minimum absolute atomic E-state index is 0.157. The highest BCUT2D eigenvalue weighted by Crippen LogP contribution is 2.37. The Balaban J connectivity index is 1.20. The Morgan fingerprint density at radius 1 is 0.636 bits per heavy atom. The quantitative estimate of drug-likeness (QED) is 0.579. The molecule has 2 fully saturated rings. The standard InChI is InChI=1S/C28H36N2O3/c31-28-20-22-19-23(32-17-15-29-11-3-1-4-12-29)7-9-25(22)26-10-8-24(21-27(26)28)33-18-16-30-13-5-2-6-14-30/h7-10,19,21H,1-6,11-18,20H2. The number of piperidine rings is 2. The van der Waals surface area contributed by atoms with Crippen LogP contribution in [0.4, 0.5) is 0 Å². The molecule has 0 aromatic heterocycles. The average molecular weight is 449 g/mol. The van der Waals surface area contributed by atoms with E-state index >= 15 is 0 Å². The van der Waals surface area contributed by atoms with Crippen LogP contribution in [0.25, 0.3) is 11.1 Å². The van der Waals surface area contributed by atoms with Crippen LogP contribution in [0.5, 0.6) is 11.5 Å². The van der Waals surface area contributed by atoms with Gasteiger partial charge in [-0.05, 0) is 98.9 Å². The monoisotopic (exact) mass is 448 g/mol. The highest BCUT2D eigenvalue weighted by Gasteiger charge is 2.24. The Morgan fingerprint density at radius 3 is 1.79 bits per heavy atom. The minimum atomic E-state index is 0.157. The molecule has 5 heteroatoms. The molecule has 2 heterocycles. The second kappa shape index (κ2) is 10.7. The summed E-state index contributed by atoms with van der Waals surface area (Å²) in [5.41, 5.74) is 3.97. The minimum Gasteiger partial charge on any atom is -0.492 e. The fourth-order valence-corrected chi connectivity index (χ4v) is 5.37. The van der Waals surface area contributed by atoms with Gasteiger partial charge in [-0.1, -0.05) is 18.9 Å². The number of ketones is 1. The third kappa shape index (κ3) is 5.59. The lowest BCUT2D eigenvalue weighted by molar-refractivity contribution is 0.0991. The predicted molar refractivity (Wildman–Crippen MR) is 131 cm³/mol. The Labute approximate surface area is 197 Å². The van der Waals surface area contributed by atoms with Crippen LogP contribution in [0.3, 0.4) is 0 Å². The molecular formula is C28H36N2O3. The molecule has 0 N–H and O–H groups in total. The van der Waals surface area contributed by atoms with Gasteiger partial charge in [0.25, 0.3) is 0 Å². The number of nitrogens with zero attached hydrogens (tertiary/aromatic N) is 2. The molecule has 2 aromatic rings. The number of likely N-dealkylation sites (tertiary alicyclic amines) is 2. The first-order valence-corrected chi connectivity index (χ1v) is 12.8. The van der Waals surface area contributed by atoms with Crippen molar-refractivity contribution in [2.24, 2.45) is 0 Å². The number of fused-ring (bicyclic) bond motifs is 3. The lowest BCUT2D eigenvalue weighted by Gasteiger charge is -2.26. The first-order chi connectivity index (χ1) is 16.3. The Hall–Kier alpha value is -2.37. The number of benzene rings is 2. The second-order valence-electron chi connectivity index (χ2n) is 9.63. The van der Waals surface area contributed by atoms with Crippen LogP contribution < -0.4 is 9.47 Å². The number of carbonyl (C=O) groups excluding carboxylic acids is 1. The predicted octanol–water partition coefficient (Wildman–Crippen LogP) is 4.82. The highest BCUT2D eigenvalue weighted by atomic mass is 16.5. The van der Waals surface area contributed by atoms with Crippen LogP contribution in [0.2, 0.25) is 0 Å².